The first-order chi connectivity index (χ1) is 17.4. The van der Waals surface area contributed by atoms with Crippen LogP contribution >= 0.6 is 0 Å². The highest BCUT2D eigenvalue weighted by molar-refractivity contribution is 6.09. The Morgan fingerprint density at radius 2 is 2.05 bits per heavy atom. The second-order valence-corrected chi connectivity index (χ2v) is 10.4. The molecule has 0 radical (unpaired) electrons. The summed E-state index contributed by atoms with van der Waals surface area (Å²) in [5, 5.41) is 2.86. The molecule has 0 unspecified atom stereocenters. The monoisotopic (exact) mass is 514 g/mol. The molecule has 2 aromatic heterocycles. The first kappa shape index (κ1) is 23.7. The molecule has 6 rings (SSSR count). The van der Waals surface area contributed by atoms with Crippen LogP contribution in [-0.2, 0) is 17.5 Å². The van der Waals surface area contributed by atoms with E-state index >= 15 is 0 Å². The third kappa shape index (κ3) is 3.90. The summed E-state index contributed by atoms with van der Waals surface area (Å²) in [6.07, 6.45) is -1.48. The van der Waals surface area contributed by atoms with Gasteiger partial charge in [0.1, 0.15) is 16.9 Å². The quantitative estimate of drug-likeness (QED) is 0.479. The largest absolute Gasteiger partial charge is 0.417 e. The Bertz CT molecular complexity index is 1460. The van der Waals surface area contributed by atoms with Crippen molar-refractivity contribution < 1.29 is 27.5 Å². The number of ether oxygens (including phenoxy) is 1. The average molecular weight is 515 g/mol. The van der Waals surface area contributed by atoms with E-state index in [2.05, 4.69) is 20.3 Å². The third-order valence-corrected chi connectivity index (χ3v) is 7.45. The number of nitrogen functional groups attached to an aromatic ring is 1. The normalized spacial score (nSPS) is 19.6. The number of rotatable bonds is 5. The summed E-state index contributed by atoms with van der Waals surface area (Å²) in [6.45, 7) is 4.51. The van der Waals surface area contributed by atoms with E-state index in [0.29, 0.717) is 24.7 Å². The minimum Gasteiger partial charge on any atom is -0.384 e. The molecule has 4 heterocycles. The van der Waals surface area contributed by atoms with E-state index in [4.69, 9.17) is 10.5 Å². The Balaban J connectivity index is 1.42. The number of hydrogen-bond acceptors (Lipinski definition) is 6. The molecule has 194 valence electrons. The molecule has 3 aliphatic rings. The Hall–Kier alpha value is -3.67. The van der Waals surface area contributed by atoms with E-state index in [-0.39, 0.29) is 52.0 Å². The lowest BCUT2D eigenvalue weighted by Gasteiger charge is -2.38. The summed E-state index contributed by atoms with van der Waals surface area (Å²) in [5.74, 6) is -0.715. The predicted octanol–water partition coefficient (Wildman–Crippen LogP) is 3.50. The summed E-state index contributed by atoms with van der Waals surface area (Å²) in [6, 6.07) is 2.35. The van der Waals surface area contributed by atoms with Crippen LogP contribution in [0.2, 0.25) is 0 Å². The van der Waals surface area contributed by atoms with Crippen LogP contribution in [-0.4, -0.2) is 56.5 Å². The lowest BCUT2D eigenvalue weighted by atomic mass is 9.97. The smallest absolute Gasteiger partial charge is 0.384 e. The molecule has 3 aromatic rings. The number of carbonyl (C=O) groups is 2. The van der Waals surface area contributed by atoms with E-state index in [1.54, 1.807) is 6.07 Å². The Kier molecular flexibility index (Phi) is 5.07. The summed E-state index contributed by atoms with van der Waals surface area (Å²) in [4.78, 5) is 39.1. The van der Waals surface area contributed by atoms with Crippen molar-refractivity contribution in [3.63, 3.8) is 0 Å². The number of benzene rings is 1. The van der Waals surface area contributed by atoms with Crippen molar-refractivity contribution in [2.45, 2.75) is 51.0 Å². The number of alkyl halides is 3. The van der Waals surface area contributed by atoms with Gasteiger partial charge in [-0.3, -0.25) is 9.59 Å². The van der Waals surface area contributed by atoms with Crippen molar-refractivity contribution in [2.24, 2.45) is 5.92 Å². The molecular weight excluding hydrogens is 489 g/mol. The number of amides is 2. The van der Waals surface area contributed by atoms with Gasteiger partial charge in [0, 0.05) is 18.2 Å². The van der Waals surface area contributed by atoms with Gasteiger partial charge in [0.2, 0.25) is 0 Å². The first-order valence-electron chi connectivity index (χ1n) is 12.0. The number of aromatic amines is 1. The fourth-order valence-corrected chi connectivity index (χ4v) is 5.17. The maximum Gasteiger partial charge on any atom is 0.417 e. The third-order valence-electron chi connectivity index (χ3n) is 7.45. The molecule has 12 heteroatoms. The maximum absolute atomic E-state index is 14.1. The van der Waals surface area contributed by atoms with Gasteiger partial charge in [-0.15, -0.1) is 0 Å². The second-order valence-electron chi connectivity index (χ2n) is 10.4. The molecule has 1 aliphatic carbocycles. The van der Waals surface area contributed by atoms with Gasteiger partial charge in [-0.1, -0.05) is 0 Å². The fraction of sp³-hybridized carbons (Fsp3) is 0.440. The van der Waals surface area contributed by atoms with Crippen LogP contribution in [0.3, 0.4) is 0 Å². The molecular formula is C25H25F3N6O3. The highest BCUT2D eigenvalue weighted by Crippen LogP contribution is 2.43. The average Bonchev–Trinajstić information content (AvgIpc) is 3.54. The number of fused-ring (bicyclic) bond motifs is 2. The number of H-pyrrole nitrogens is 1. The molecule has 1 aromatic carbocycles. The molecule has 0 bridgehead atoms. The number of nitrogens with two attached hydrogens (primary N) is 1. The highest BCUT2D eigenvalue weighted by Gasteiger charge is 2.44. The van der Waals surface area contributed by atoms with Gasteiger partial charge >= 0.3 is 6.18 Å². The van der Waals surface area contributed by atoms with Crippen molar-refractivity contribution in [2.75, 3.05) is 18.9 Å². The minimum atomic E-state index is -4.74. The maximum atomic E-state index is 14.1. The fourth-order valence-electron chi connectivity index (χ4n) is 5.17. The first-order valence-corrected chi connectivity index (χ1v) is 12.0. The number of halogens is 3. The van der Waals surface area contributed by atoms with Crippen LogP contribution in [0.4, 0.5) is 19.0 Å². The highest BCUT2D eigenvalue weighted by atomic mass is 19.4. The summed E-state index contributed by atoms with van der Waals surface area (Å²) in [5.41, 5.74) is 5.22. The van der Waals surface area contributed by atoms with Crippen molar-refractivity contribution >= 4 is 28.8 Å². The van der Waals surface area contributed by atoms with E-state index in [9.17, 15) is 22.8 Å². The molecule has 9 nitrogen and oxygen atoms in total. The van der Waals surface area contributed by atoms with Gasteiger partial charge in [-0.05, 0) is 50.3 Å². The molecule has 37 heavy (non-hydrogen) atoms. The van der Waals surface area contributed by atoms with Crippen LogP contribution < -0.4 is 11.1 Å². The second kappa shape index (κ2) is 7.91. The van der Waals surface area contributed by atoms with Crippen molar-refractivity contribution in [1.29, 1.82) is 0 Å². The van der Waals surface area contributed by atoms with Crippen LogP contribution in [0, 0.1) is 5.92 Å². The van der Waals surface area contributed by atoms with E-state index in [1.165, 1.54) is 11.1 Å². The summed E-state index contributed by atoms with van der Waals surface area (Å²) >= 11 is 0. The number of hydrogen-bond donors (Lipinski definition) is 3. The van der Waals surface area contributed by atoms with Crippen LogP contribution in [0.1, 0.15) is 58.5 Å². The van der Waals surface area contributed by atoms with Gasteiger partial charge in [0.05, 0.1) is 41.8 Å². The van der Waals surface area contributed by atoms with Crippen LogP contribution in [0.5, 0.6) is 0 Å². The Morgan fingerprint density at radius 1 is 1.32 bits per heavy atom. The zero-order valence-electron chi connectivity index (χ0n) is 20.2. The number of nitrogens with one attached hydrogen (secondary N) is 2. The number of aromatic nitrogens is 3. The van der Waals surface area contributed by atoms with Gasteiger partial charge in [0.15, 0.2) is 5.65 Å². The van der Waals surface area contributed by atoms with Gasteiger partial charge < -0.3 is 25.7 Å². The van der Waals surface area contributed by atoms with Crippen molar-refractivity contribution in [3.05, 3.63) is 40.6 Å². The molecule has 2 fully saturated rings. The zero-order valence-corrected chi connectivity index (χ0v) is 20.2. The van der Waals surface area contributed by atoms with Crippen molar-refractivity contribution in [1.82, 2.24) is 25.2 Å². The molecule has 2 aliphatic heterocycles. The van der Waals surface area contributed by atoms with Gasteiger partial charge in [-0.2, -0.15) is 13.2 Å². The lowest BCUT2D eigenvalue weighted by molar-refractivity contribution is -0.137. The topological polar surface area (TPSA) is 126 Å². The Morgan fingerprint density at radius 3 is 2.68 bits per heavy atom. The molecule has 2 amide bonds. The number of carbonyl (C=O) groups excluding carboxylic acids is 2. The van der Waals surface area contributed by atoms with E-state index < -0.39 is 29.1 Å². The van der Waals surface area contributed by atoms with Gasteiger partial charge in [0.25, 0.3) is 11.8 Å². The molecule has 1 atom stereocenters. The SMILES string of the molecule is C[C@@H](C1CC1)N1Cc2cc(-c3cnc4[nH]c(N)c(C(=O)NC5(C)COC5)c4n3)cc(C(F)(F)F)c2C1=O. The van der Waals surface area contributed by atoms with Crippen LogP contribution in [0.15, 0.2) is 18.3 Å². The summed E-state index contributed by atoms with van der Waals surface area (Å²) < 4.78 is 47.6. The molecule has 1 saturated carbocycles. The van der Waals surface area contributed by atoms with E-state index in [0.717, 1.165) is 18.9 Å². The van der Waals surface area contributed by atoms with E-state index in [1.807, 2.05) is 13.8 Å². The minimum absolute atomic E-state index is 0.0497. The van der Waals surface area contributed by atoms with Crippen LogP contribution in [0.25, 0.3) is 22.4 Å². The van der Waals surface area contributed by atoms with Crippen molar-refractivity contribution in [3.8, 4) is 11.3 Å². The summed E-state index contributed by atoms with van der Waals surface area (Å²) in [7, 11) is 0. The zero-order chi connectivity index (χ0) is 26.3. The standard InChI is InChI=1S/C25H25F3N6O3/c1-11(12-3-4-12)34-8-14-5-13(6-15(25(26,27)28)17(14)23(34)36)16-7-30-21-19(31-16)18(20(29)32-21)22(35)33-24(2)9-37-10-24/h5-7,11-12H,3-4,8-10,29H2,1-2H3,(H,30,32)(H,33,35)/t11-/m0/s1. The Labute approximate surface area is 209 Å². The molecule has 1 saturated heterocycles. The number of anilines is 1. The predicted molar refractivity (Wildman–Crippen MR) is 127 cm³/mol. The lowest BCUT2D eigenvalue weighted by Crippen LogP contribution is -2.59. The number of nitrogens with zero attached hydrogens (tertiary/aromatic N) is 3. The molecule has 0 spiro atoms. The molecule has 4 N–H and O–H groups in total. The van der Waals surface area contributed by atoms with Gasteiger partial charge in [-0.25, -0.2) is 9.97 Å².